The van der Waals surface area contributed by atoms with Gasteiger partial charge in [-0.2, -0.15) is 4.31 Å². The van der Waals surface area contributed by atoms with Crippen LogP contribution in [-0.2, 0) is 14.8 Å². The Kier molecular flexibility index (Phi) is 7.11. The number of piperidine rings is 1. The molecule has 0 bridgehead atoms. The topological polar surface area (TPSA) is 66.9 Å². The molecular formula is C17H34N2O4S. The van der Waals surface area contributed by atoms with Gasteiger partial charge in [0.15, 0.2) is 0 Å². The van der Waals surface area contributed by atoms with E-state index in [0.717, 1.165) is 12.8 Å². The number of nitrogens with zero attached hydrogens (tertiary/aromatic N) is 2. The minimum Gasteiger partial charge on any atom is -0.444 e. The minimum absolute atomic E-state index is 0.00180. The first-order chi connectivity index (χ1) is 11.0. The highest BCUT2D eigenvalue weighted by Crippen LogP contribution is 2.32. The SMILES string of the molecule is CC[C@@H]1C[C@@H](N(C)C(=O)OC(C)(C)C)C[C@H](CC)N1S(=O)(=O)CC. The van der Waals surface area contributed by atoms with E-state index in [4.69, 9.17) is 4.74 Å². The maximum atomic E-state index is 12.5. The van der Waals surface area contributed by atoms with E-state index in [1.165, 1.54) is 0 Å². The highest BCUT2D eigenvalue weighted by Gasteiger charge is 2.42. The molecule has 1 aliphatic heterocycles. The fourth-order valence-corrected chi connectivity index (χ4v) is 5.00. The number of hydrogen-bond donors (Lipinski definition) is 0. The van der Waals surface area contributed by atoms with Crippen molar-refractivity contribution in [1.29, 1.82) is 0 Å². The molecule has 0 aromatic rings. The maximum absolute atomic E-state index is 12.5. The number of carbonyl (C=O) groups is 1. The molecule has 0 saturated carbocycles. The van der Waals surface area contributed by atoms with E-state index in [0.29, 0.717) is 12.8 Å². The second-order valence-corrected chi connectivity index (χ2v) is 9.73. The van der Waals surface area contributed by atoms with Crippen molar-refractivity contribution in [2.45, 2.75) is 91.0 Å². The normalized spacial score (nSPS) is 26.2. The van der Waals surface area contributed by atoms with Crippen molar-refractivity contribution in [3.8, 4) is 0 Å². The average molecular weight is 363 g/mol. The standard InChI is InChI=1S/C17H34N2O4S/c1-8-13-11-15(18(7)16(20)23-17(4,5)6)12-14(9-2)19(13)24(21,22)10-3/h13-15H,8-12H2,1-7H3/t13-,14+,15-. The first kappa shape index (κ1) is 21.2. The van der Waals surface area contributed by atoms with Crippen LogP contribution in [0, 0.1) is 0 Å². The third-order valence-corrected chi connectivity index (χ3v) is 6.63. The molecule has 1 rings (SSSR count). The molecule has 0 aromatic heterocycles. The van der Waals surface area contributed by atoms with E-state index in [1.54, 1.807) is 23.2 Å². The van der Waals surface area contributed by atoms with Crippen LogP contribution >= 0.6 is 0 Å². The first-order valence-electron chi connectivity index (χ1n) is 8.93. The molecule has 7 heteroatoms. The Morgan fingerprint density at radius 3 is 1.92 bits per heavy atom. The van der Waals surface area contributed by atoms with Crippen molar-refractivity contribution in [3.63, 3.8) is 0 Å². The summed E-state index contributed by atoms with van der Waals surface area (Å²) in [7, 11) is -1.49. The predicted molar refractivity (Wildman–Crippen MR) is 96.5 cm³/mol. The van der Waals surface area contributed by atoms with E-state index in [1.807, 2.05) is 34.6 Å². The van der Waals surface area contributed by atoms with Gasteiger partial charge in [-0.1, -0.05) is 13.8 Å². The van der Waals surface area contributed by atoms with E-state index in [2.05, 4.69) is 0 Å². The van der Waals surface area contributed by atoms with Crippen LogP contribution in [0.4, 0.5) is 4.79 Å². The van der Waals surface area contributed by atoms with Crippen molar-refractivity contribution in [2.75, 3.05) is 12.8 Å². The summed E-state index contributed by atoms with van der Waals surface area (Å²) >= 11 is 0. The molecule has 1 fully saturated rings. The van der Waals surface area contributed by atoms with Gasteiger partial charge in [-0.05, 0) is 53.4 Å². The van der Waals surface area contributed by atoms with Gasteiger partial charge in [0, 0.05) is 25.2 Å². The van der Waals surface area contributed by atoms with Gasteiger partial charge < -0.3 is 9.64 Å². The first-order valence-corrected chi connectivity index (χ1v) is 10.5. The van der Waals surface area contributed by atoms with Crippen molar-refractivity contribution in [2.24, 2.45) is 0 Å². The third kappa shape index (κ3) is 5.09. The molecular weight excluding hydrogens is 328 g/mol. The molecule has 0 aliphatic carbocycles. The lowest BCUT2D eigenvalue weighted by Gasteiger charge is -2.46. The molecule has 1 aliphatic rings. The summed E-state index contributed by atoms with van der Waals surface area (Å²) in [5.74, 6) is 0.118. The fourth-order valence-electron chi connectivity index (χ4n) is 3.33. The van der Waals surface area contributed by atoms with Crippen LogP contribution in [0.25, 0.3) is 0 Å². The van der Waals surface area contributed by atoms with Crippen molar-refractivity contribution in [3.05, 3.63) is 0 Å². The van der Waals surface area contributed by atoms with Gasteiger partial charge in [0.25, 0.3) is 0 Å². The molecule has 0 radical (unpaired) electrons. The molecule has 142 valence electrons. The Balaban J connectivity index is 2.98. The summed E-state index contributed by atoms with van der Waals surface area (Å²) < 4.78 is 32.2. The summed E-state index contributed by atoms with van der Waals surface area (Å²) in [6, 6.07) is -0.134. The summed E-state index contributed by atoms with van der Waals surface area (Å²) in [5, 5.41) is 0. The lowest BCUT2D eigenvalue weighted by molar-refractivity contribution is 0.00930. The summed E-state index contributed by atoms with van der Waals surface area (Å²) in [6.45, 7) is 11.2. The Morgan fingerprint density at radius 1 is 1.12 bits per heavy atom. The molecule has 0 unspecified atom stereocenters. The zero-order chi connectivity index (χ0) is 18.7. The molecule has 3 atom stereocenters. The Bertz CT molecular complexity index is 513. The molecule has 24 heavy (non-hydrogen) atoms. The summed E-state index contributed by atoms with van der Waals surface area (Å²) in [4.78, 5) is 14.0. The monoisotopic (exact) mass is 362 g/mol. The Hall–Kier alpha value is -0.820. The Labute approximate surface area is 147 Å². The zero-order valence-corrected chi connectivity index (χ0v) is 17.0. The van der Waals surface area contributed by atoms with Crippen molar-refractivity contribution >= 4 is 16.1 Å². The summed E-state index contributed by atoms with van der Waals surface area (Å²) in [6.07, 6.45) is 2.45. The smallest absolute Gasteiger partial charge is 0.410 e. The minimum atomic E-state index is -3.24. The summed E-state index contributed by atoms with van der Waals surface area (Å²) in [5.41, 5.74) is -0.536. The quantitative estimate of drug-likeness (QED) is 0.753. The van der Waals surface area contributed by atoms with Gasteiger partial charge in [0.05, 0.1) is 5.75 Å². The van der Waals surface area contributed by atoms with Crippen LogP contribution in [0.15, 0.2) is 0 Å². The van der Waals surface area contributed by atoms with E-state index in [-0.39, 0.29) is 30.0 Å². The van der Waals surface area contributed by atoms with Crippen molar-refractivity contribution < 1.29 is 17.9 Å². The van der Waals surface area contributed by atoms with Gasteiger partial charge in [-0.25, -0.2) is 13.2 Å². The lowest BCUT2D eigenvalue weighted by Crippen LogP contribution is -2.57. The molecule has 1 saturated heterocycles. The number of sulfonamides is 1. The highest BCUT2D eigenvalue weighted by molar-refractivity contribution is 7.89. The van der Waals surface area contributed by atoms with Crippen LogP contribution in [-0.4, -0.2) is 60.2 Å². The number of rotatable bonds is 5. The second kappa shape index (κ2) is 8.04. The fraction of sp³-hybridized carbons (Fsp3) is 0.941. The molecule has 0 spiro atoms. The average Bonchev–Trinajstić information content (AvgIpc) is 2.50. The molecule has 6 nitrogen and oxygen atoms in total. The van der Waals surface area contributed by atoms with E-state index >= 15 is 0 Å². The Morgan fingerprint density at radius 2 is 1.58 bits per heavy atom. The van der Waals surface area contributed by atoms with Crippen LogP contribution in [0.5, 0.6) is 0 Å². The van der Waals surface area contributed by atoms with Crippen molar-refractivity contribution in [1.82, 2.24) is 9.21 Å². The maximum Gasteiger partial charge on any atom is 0.410 e. The molecule has 1 heterocycles. The third-order valence-electron chi connectivity index (χ3n) is 4.67. The molecule has 0 aromatic carbocycles. The predicted octanol–water partition coefficient (Wildman–Crippen LogP) is 3.22. The second-order valence-electron chi connectivity index (χ2n) is 7.57. The lowest BCUT2D eigenvalue weighted by atomic mass is 9.90. The number of ether oxygens (including phenoxy) is 1. The molecule has 0 N–H and O–H groups in total. The van der Waals surface area contributed by atoms with Crippen LogP contribution < -0.4 is 0 Å². The van der Waals surface area contributed by atoms with Gasteiger partial charge in [0.2, 0.25) is 10.0 Å². The number of carbonyl (C=O) groups excluding carboxylic acids is 1. The van der Waals surface area contributed by atoms with Crippen LogP contribution in [0.3, 0.4) is 0 Å². The largest absolute Gasteiger partial charge is 0.444 e. The van der Waals surface area contributed by atoms with Gasteiger partial charge in [0.1, 0.15) is 5.60 Å². The molecule has 1 amide bonds. The van der Waals surface area contributed by atoms with E-state index < -0.39 is 15.6 Å². The van der Waals surface area contributed by atoms with Crippen LogP contribution in [0.2, 0.25) is 0 Å². The van der Waals surface area contributed by atoms with Gasteiger partial charge in [-0.15, -0.1) is 0 Å². The van der Waals surface area contributed by atoms with E-state index in [9.17, 15) is 13.2 Å². The van der Waals surface area contributed by atoms with Gasteiger partial charge >= 0.3 is 6.09 Å². The van der Waals surface area contributed by atoms with Gasteiger partial charge in [-0.3, -0.25) is 0 Å². The highest BCUT2D eigenvalue weighted by atomic mass is 32.2. The zero-order valence-electron chi connectivity index (χ0n) is 16.2. The number of hydrogen-bond acceptors (Lipinski definition) is 4. The number of amides is 1. The van der Waals surface area contributed by atoms with Crippen LogP contribution in [0.1, 0.15) is 67.2 Å².